The lowest BCUT2D eigenvalue weighted by molar-refractivity contribution is 0.176. The van der Waals surface area contributed by atoms with Gasteiger partial charge in [0, 0.05) is 18.8 Å². The van der Waals surface area contributed by atoms with Crippen LogP contribution in [-0.4, -0.2) is 24.0 Å². The Morgan fingerprint density at radius 2 is 2.05 bits per heavy atom. The molecule has 0 bridgehead atoms. The summed E-state index contributed by atoms with van der Waals surface area (Å²) < 4.78 is 0. The Kier molecular flexibility index (Phi) is 4.09. The fraction of sp³-hybridized carbons (Fsp3) is 0.389. The summed E-state index contributed by atoms with van der Waals surface area (Å²) in [4.78, 5) is 14.3. The third-order valence-corrected chi connectivity index (χ3v) is 4.38. The highest BCUT2D eigenvalue weighted by atomic mass is 16.2. The molecule has 1 fully saturated rings. The second-order valence-electron chi connectivity index (χ2n) is 5.85. The number of benzene rings is 2. The number of fused-ring (bicyclic) bond motifs is 1. The number of hydrogen-bond acceptors (Lipinski definition) is 1. The van der Waals surface area contributed by atoms with Gasteiger partial charge in [-0.1, -0.05) is 43.7 Å². The fourth-order valence-electron chi connectivity index (χ4n) is 3.05. The Morgan fingerprint density at radius 1 is 1.24 bits per heavy atom. The molecule has 21 heavy (non-hydrogen) atoms. The molecule has 1 atom stereocenters. The maximum Gasteiger partial charge on any atom is 0.321 e. The van der Waals surface area contributed by atoms with Gasteiger partial charge in [0.05, 0.1) is 0 Å². The molecule has 0 aromatic heterocycles. The number of hydrogen-bond donors (Lipinski definition) is 1. The molecule has 0 saturated carbocycles. The minimum atomic E-state index is 0.0310. The first kappa shape index (κ1) is 13.9. The van der Waals surface area contributed by atoms with Gasteiger partial charge >= 0.3 is 6.03 Å². The van der Waals surface area contributed by atoms with Gasteiger partial charge in [0.1, 0.15) is 0 Å². The first-order chi connectivity index (χ1) is 10.3. The van der Waals surface area contributed by atoms with Gasteiger partial charge in [-0.3, -0.25) is 0 Å². The van der Waals surface area contributed by atoms with E-state index in [1.165, 1.54) is 11.8 Å². The molecule has 1 unspecified atom stereocenters. The van der Waals surface area contributed by atoms with E-state index in [4.69, 9.17) is 0 Å². The smallest absolute Gasteiger partial charge is 0.321 e. The first-order valence-corrected chi connectivity index (χ1v) is 7.81. The molecule has 0 spiro atoms. The summed E-state index contributed by atoms with van der Waals surface area (Å²) in [6.07, 6.45) is 3.51. The molecule has 3 heteroatoms. The standard InChI is InChI=1S/C18H22N2O/c1-2-14-6-5-11-20(13-14)18(21)19-17-10-9-15-7-3-4-8-16(15)12-17/h3-4,7-10,12,14H,2,5-6,11,13H2,1H3,(H,19,21). The molecule has 1 aliphatic rings. The number of nitrogens with zero attached hydrogens (tertiary/aromatic N) is 1. The largest absolute Gasteiger partial charge is 0.324 e. The van der Waals surface area contributed by atoms with E-state index in [1.54, 1.807) is 0 Å². The zero-order valence-corrected chi connectivity index (χ0v) is 12.5. The molecular weight excluding hydrogens is 260 g/mol. The Bertz CT molecular complexity index is 638. The lowest BCUT2D eigenvalue weighted by Gasteiger charge is -2.32. The monoisotopic (exact) mass is 282 g/mol. The average Bonchev–Trinajstić information content (AvgIpc) is 2.54. The second-order valence-corrected chi connectivity index (χ2v) is 5.85. The highest BCUT2D eigenvalue weighted by Gasteiger charge is 2.22. The molecule has 3 rings (SSSR count). The molecule has 1 aliphatic heterocycles. The fourth-order valence-corrected chi connectivity index (χ4v) is 3.05. The predicted octanol–water partition coefficient (Wildman–Crippen LogP) is 4.49. The van der Waals surface area contributed by atoms with Crippen LogP contribution < -0.4 is 5.32 Å². The minimum absolute atomic E-state index is 0.0310. The number of anilines is 1. The quantitative estimate of drug-likeness (QED) is 0.864. The van der Waals surface area contributed by atoms with Crippen molar-refractivity contribution < 1.29 is 4.79 Å². The summed E-state index contributed by atoms with van der Waals surface area (Å²) in [6, 6.07) is 14.3. The third kappa shape index (κ3) is 3.18. The van der Waals surface area contributed by atoms with Gasteiger partial charge in [-0.05, 0) is 41.7 Å². The van der Waals surface area contributed by atoms with Crippen molar-refractivity contribution in [3.63, 3.8) is 0 Å². The molecule has 3 nitrogen and oxygen atoms in total. The van der Waals surface area contributed by atoms with Crippen molar-refractivity contribution in [1.82, 2.24) is 4.90 Å². The number of piperidine rings is 1. The molecule has 2 aromatic rings. The van der Waals surface area contributed by atoms with E-state index in [2.05, 4.69) is 30.4 Å². The predicted molar refractivity (Wildman–Crippen MR) is 87.6 cm³/mol. The molecule has 0 radical (unpaired) electrons. The van der Waals surface area contributed by atoms with Crippen LogP contribution in [0.5, 0.6) is 0 Å². The number of nitrogens with one attached hydrogen (secondary N) is 1. The molecule has 1 heterocycles. The first-order valence-electron chi connectivity index (χ1n) is 7.81. The summed E-state index contributed by atoms with van der Waals surface area (Å²) >= 11 is 0. The van der Waals surface area contributed by atoms with Crippen LogP contribution in [0, 0.1) is 5.92 Å². The van der Waals surface area contributed by atoms with Crippen molar-refractivity contribution in [3.8, 4) is 0 Å². The molecule has 1 saturated heterocycles. The number of carbonyl (C=O) groups excluding carboxylic acids is 1. The number of urea groups is 1. The van der Waals surface area contributed by atoms with Crippen LogP contribution in [0.25, 0.3) is 10.8 Å². The molecule has 2 amide bonds. The van der Waals surface area contributed by atoms with Crippen molar-refractivity contribution in [3.05, 3.63) is 42.5 Å². The van der Waals surface area contributed by atoms with E-state index in [0.29, 0.717) is 5.92 Å². The van der Waals surface area contributed by atoms with Gasteiger partial charge in [0.15, 0.2) is 0 Å². The van der Waals surface area contributed by atoms with Crippen molar-refractivity contribution in [2.75, 3.05) is 18.4 Å². The number of carbonyl (C=O) groups is 1. The number of rotatable bonds is 2. The average molecular weight is 282 g/mol. The van der Waals surface area contributed by atoms with Crippen molar-refractivity contribution >= 4 is 22.5 Å². The van der Waals surface area contributed by atoms with Crippen molar-refractivity contribution in [2.45, 2.75) is 26.2 Å². The van der Waals surface area contributed by atoms with Crippen LogP contribution >= 0.6 is 0 Å². The van der Waals surface area contributed by atoms with Gasteiger partial charge < -0.3 is 10.2 Å². The van der Waals surface area contributed by atoms with Crippen LogP contribution in [0.3, 0.4) is 0 Å². The van der Waals surface area contributed by atoms with Crippen LogP contribution in [0.4, 0.5) is 10.5 Å². The highest BCUT2D eigenvalue weighted by Crippen LogP contribution is 2.22. The Balaban J connectivity index is 1.70. The van der Waals surface area contributed by atoms with Gasteiger partial charge in [-0.15, -0.1) is 0 Å². The lowest BCUT2D eigenvalue weighted by Crippen LogP contribution is -2.42. The highest BCUT2D eigenvalue weighted by molar-refractivity contribution is 5.93. The van der Waals surface area contributed by atoms with Gasteiger partial charge in [-0.25, -0.2) is 4.79 Å². The van der Waals surface area contributed by atoms with E-state index < -0.39 is 0 Å². The van der Waals surface area contributed by atoms with E-state index in [0.717, 1.165) is 37.0 Å². The molecule has 2 aromatic carbocycles. The minimum Gasteiger partial charge on any atom is -0.324 e. The topological polar surface area (TPSA) is 32.3 Å². The Hall–Kier alpha value is -2.03. The normalized spacial score (nSPS) is 18.7. The van der Waals surface area contributed by atoms with Crippen molar-refractivity contribution in [1.29, 1.82) is 0 Å². The zero-order chi connectivity index (χ0) is 14.7. The Labute approximate surface area is 125 Å². The summed E-state index contributed by atoms with van der Waals surface area (Å²) in [6.45, 7) is 3.96. The van der Waals surface area contributed by atoms with E-state index in [-0.39, 0.29) is 6.03 Å². The van der Waals surface area contributed by atoms with Crippen LogP contribution in [0.15, 0.2) is 42.5 Å². The van der Waals surface area contributed by atoms with Gasteiger partial charge in [0.25, 0.3) is 0 Å². The third-order valence-electron chi connectivity index (χ3n) is 4.38. The summed E-state index contributed by atoms with van der Waals surface area (Å²) in [5.74, 6) is 0.654. The van der Waals surface area contributed by atoms with E-state index in [9.17, 15) is 4.79 Å². The van der Waals surface area contributed by atoms with Crippen molar-refractivity contribution in [2.24, 2.45) is 5.92 Å². The summed E-state index contributed by atoms with van der Waals surface area (Å²) in [5, 5.41) is 5.38. The van der Waals surface area contributed by atoms with E-state index in [1.807, 2.05) is 29.2 Å². The molecule has 1 N–H and O–H groups in total. The maximum absolute atomic E-state index is 12.4. The maximum atomic E-state index is 12.4. The van der Waals surface area contributed by atoms with Gasteiger partial charge in [0.2, 0.25) is 0 Å². The zero-order valence-electron chi connectivity index (χ0n) is 12.5. The van der Waals surface area contributed by atoms with E-state index >= 15 is 0 Å². The number of likely N-dealkylation sites (tertiary alicyclic amines) is 1. The van der Waals surface area contributed by atoms with Gasteiger partial charge in [-0.2, -0.15) is 0 Å². The summed E-state index contributed by atoms with van der Waals surface area (Å²) in [5.41, 5.74) is 0.873. The van der Waals surface area contributed by atoms with Crippen LogP contribution in [0.2, 0.25) is 0 Å². The van der Waals surface area contributed by atoms with Crippen LogP contribution in [0.1, 0.15) is 26.2 Å². The number of amides is 2. The molecular formula is C18H22N2O. The summed E-state index contributed by atoms with van der Waals surface area (Å²) in [7, 11) is 0. The Morgan fingerprint density at radius 3 is 2.86 bits per heavy atom. The lowest BCUT2D eigenvalue weighted by atomic mass is 9.96. The molecule has 110 valence electrons. The molecule has 0 aliphatic carbocycles. The SMILES string of the molecule is CCC1CCCN(C(=O)Nc2ccc3ccccc3c2)C1. The van der Waals surface area contributed by atoms with Crippen LogP contribution in [-0.2, 0) is 0 Å². The second kappa shape index (κ2) is 6.17.